The predicted molar refractivity (Wildman–Crippen MR) is 112 cm³/mol. The van der Waals surface area contributed by atoms with Gasteiger partial charge in [0, 0.05) is 18.2 Å². The van der Waals surface area contributed by atoms with Gasteiger partial charge in [0.2, 0.25) is 5.75 Å². The first-order chi connectivity index (χ1) is 13.5. The van der Waals surface area contributed by atoms with E-state index in [-0.39, 0.29) is 17.2 Å². The summed E-state index contributed by atoms with van der Waals surface area (Å²) in [5.41, 5.74) is 4.06. The molecule has 0 radical (unpaired) electrons. The summed E-state index contributed by atoms with van der Waals surface area (Å²) in [5.74, 6) is 0.383. The van der Waals surface area contributed by atoms with E-state index >= 15 is 0 Å². The van der Waals surface area contributed by atoms with E-state index in [1.807, 2.05) is 37.3 Å². The summed E-state index contributed by atoms with van der Waals surface area (Å²) in [5, 5.41) is 18.8. The van der Waals surface area contributed by atoms with Gasteiger partial charge in [-0.2, -0.15) is 5.10 Å². The van der Waals surface area contributed by atoms with Crippen molar-refractivity contribution in [2.24, 2.45) is 5.10 Å². The lowest BCUT2D eigenvalue weighted by Gasteiger charge is -2.11. The smallest absolute Gasteiger partial charge is 0.315 e. The van der Waals surface area contributed by atoms with Crippen LogP contribution in [0.25, 0.3) is 0 Å². The maximum Gasteiger partial charge on any atom is 0.315 e. The molecule has 28 heavy (non-hydrogen) atoms. The zero-order chi connectivity index (χ0) is 20.4. The second kappa shape index (κ2) is 10.8. The van der Waals surface area contributed by atoms with Gasteiger partial charge in [0.25, 0.3) is 0 Å². The molecule has 0 aliphatic carbocycles. The van der Waals surface area contributed by atoms with Crippen molar-refractivity contribution >= 4 is 29.2 Å². The number of rotatable bonds is 9. The Morgan fingerprint density at radius 2 is 2.07 bits per heavy atom. The molecule has 0 amide bonds. The molecule has 0 atom stereocenters. The van der Waals surface area contributed by atoms with Gasteiger partial charge in [0.1, 0.15) is 0 Å². The number of nitro benzene ring substituents is 1. The topological polar surface area (TPSA) is 98.0 Å². The average molecular weight is 402 g/mol. The highest BCUT2D eigenvalue weighted by atomic mass is 32.1. The number of ether oxygens (including phenoxy) is 2. The van der Waals surface area contributed by atoms with Gasteiger partial charge in [-0.15, -0.1) is 0 Å². The fourth-order valence-electron chi connectivity index (χ4n) is 2.30. The first-order valence-corrected chi connectivity index (χ1v) is 9.06. The van der Waals surface area contributed by atoms with E-state index in [4.69, 9.17) is 21.7 Å². The van der Waals surface area contributed by atoms with Crippen LogP contribution in [0.4, 0.5) is 5.69 Å². The number of benzene rings is 2. The van der Waals surface area contributed by atoms with Crippen molar-refractivity contribution in [3.8, 4) is 11.5 Å². The lowest BCUT2D eigenvalue weighted by molar-refractivity contribution is -0.386. The molecule has 0 bridgehead atoms. The minimum absolute atomic E-state index is 0.111. The highest BCUT2D eigenvalue weighted by Gasteiger charge is 2.21. The number of nitrogens with one attached hydrogen (secondary N) is 2. The Morgan fingerprint density at radius 1 is 1.32 bits per heavy atom. The number of nitro groups is 1. The molecule has 0 unspecified atom stereocenters. The van der Waals surface area contributed by atoms with Gasteiger partial charge >= 0.3 is 5.69 Å². The van der Waals surface area contributed by atoms with Gasteiger partial charge in [-0.1, -0.05) is 37.3 Å². The fourth-order valence-corrected chi connectivity index (χ4v) is 2.43. The zero-order valence-corrected chi connectivity index (χ0v) is 16.5. The van der Waals surface area contributed by atoms with E-state index in [0.29, 0.717) is 23.8 Å². The highest BCUT2D eigenvalue weighted by Crippen LogP contribution is 2.38. The second-order valence-corrected chi connectivity index (χ2v) is 6.12. The standard InChI is InChI=1S/C19H22N4O4S/c1-3-9-27-18-16(23(24)25)10-15(11-17(18)26-2)13-21-22-19(28)20-12-14-7-5-4-6-8-14/h4-8,10-11,13H,3,9,12H2,1-2H3,(H2,20,22,28)/b21-13-. The summed E-state index contributed by atoms with van der Waals surface area (Å²) in [6.45, 7) is 2.83. The number of methoxy groups -OCH3 is 1. The molecule has 8 nitrogen and oxygen atoms in total. The third kappa shape index (κ3) is 6.20. The van der Waals surface area contributed by atoms with Crippen molar-refractivity contribution in [1.82, 2.24) is 10.7 Å². The van der Waals surface area contributed by atoms with Crippen molar-refractivity contribution in [2.75, 3.05) is 13.7 Å². The van der Waals surface area contributed by atoms with Crippen LogP contribution in [0.15, 0.2) is 47.6 Å². The van der Waals surface area contributed by atoms with E-state index in [1.165, 1.54) is 19.4 Å². The first kappa shape index (κ1) is 21.1. The molecule has 0 saturated heterocycles. The van der Waals surface area contributed by atoms with Crippen molar-refractivity contribution < 1.29 is 14.4 Å². The summed E-state index contributed by atoms with van der Waals surface area (Å²) in [4.78, 5) is 10.9. The largest absolute Gasteiger partial charge is 0.493 e. The molecule has 2 aromatic carbocycles. The Morgan fingerprint density at radius 3 is 2.71 bits per heavy atom. The molecule has 0 aromatic heterocycles. The van der Waals surface area contributed by atoms with E-state index in [1.54, 1.807) is 6.07 Å². The van der Waals surface area contributed by atoms with Crippen LogP contribution in [0, 0.1) is 10.1 Å². The first-order valence-electron chi connectivity index (χ1n) is 8.65. The second-order valence-electron chi connectivity index (χ2n) is 5.72. The molecule has 0 aliphatic heterocycles. The Balaban J connectivity index is 2.04. The summed E-state index contributed by atoms with van der Waals surface area (Å²) >= 11 is 5.16. The summed E-state index contributed by atoms with van der Waals surface area (Å²) in [6.07, 6.45) is 2.15. The summed E-state index contributed by atoms with van der Waals surface area (Å²) in [7, 11) is 1.43. The van der Waals surface area contributed by atoms with Crippen LogP contribution in [-0.2, 0) is 6.54 Å². The number of nitrogens with zero attached hydrogens (tertiary/aromatic N) is 2. The lowest BCUT2D eigenvalue weighted by Crippen LogP contribution is -2.31. The third-order valence-electron chi connectivity index (χ3n) is 3.60. The average Bonchev–Trinajstić information content (AvgIpc) is 2.71. The van der Waals surface area contributed by atoms with Crippen molar-refractivity contribution in [2.45, 2.75) is 19.9 Å². The Labute approximate surface area is 168 Å². The molecule has 2 aromatic rings. The number of hydrazone groups is 1. The minimum atomic E-state index is -0.510. The summed E-state index contributed by atoms with van der Waals surface area (Å²) in [6, 6.07) is 12.8. The minimum Gasteiger partial charge on any atom is -0.493 e. The van der Waals surface area contributed by atoms with Gasteiger partial charge in [0.15, 0.2) is 10.9 Å². The molecule has 2 rings (SSSR count). The van der Waals surface area contributed by atoms with Crippen LogP contribution in [0.2, 0.25) is 0 Å². The molecule has 0 heterocycles. The number of hydrogen-bond donors (Lipinski definition) is 2. The molecule has 2 N–H and O–H groups in total. The molecule has 0 saturated carbocycles. The molecule has 0 spiro atoms. The molecule has 148 valence electrons. The van der Waals surface area contributed by atoms with Crippen LogP contribution in [0.3, 0.4) is 0 Å². The van der Waals surface area contributed by atoms with Crippen LogP contribution < -0.4 is 20.2 Å². The van der Waals surface area contributed by atoms with E-state index in [2.05, 4.69) is 15.8 Å². The van der Waals surface area contributed by atoms with Gasteiger partial charge in [-0.25, -0.2) is 0 Å². The van der Waals surface area contributed by atoms with Crippen molar-refractivity contribution in [3.63, 3.8) is 0 Å². The zero-order valence-electron chi connectivity index (χ0n) is 15.7. The van der Waals surface area contributed by atoms with Gasteiger partial charge in [-0.3, -0.25) is 15.5 Å². The van der Waals surface area contributed by atoms with E-state index in [0.717, 1.165) is 12.0 Å². The monoisotopic (exact) mass is 402 g/mol. The van der Waals surface area contributed by atoms with Crippen molar-refractivity contribution in [3.05, 3.63) is 63.7 Å². The molecular weight excluding hydrogens is 380 g/mol. The quantitative estimate of drug-likeness (QED) is 0.287. The highest BCUT2D eigenvalue weighted by molar-refractivity contribution is 7.80. The third-order valence-corrected chi connectivity index (χ3v) is 3.84. The Kier molecular flexibility index (Phi) is 8.16. The number of thiocarbonyl (C=S) groups is 1. The van der Waals surface area contributed by atoms with Gasteiger partial charge < -0.3 is 14.8 Å². The maximum absolute atomic E-state index is 11.4. The van der Waals surface area contributed by atoms with E-state index < -0.39 is 4.92 Å². The van der Waals surface area contributed by atoms with E-state index in [9.17, 15) is 10.1 Å². The van der Waals surface area contributed by atoms with Crippen LogP contribution in [0.1, 0.15) is 24.5 Å². The normalized spacial score (nSPS) is 10.5. The summed E-state index contributed by atoms with van der Waals surface area (Å²) < 4.78 is 10.7. The number of hydrogen-bond acceptors (Lipinski definition) is 6. The van der Waals surface area contributed by atoms with Gasteiger partial charge in [-0.05, 0) is 30.3 Å². The van der Waals surface area contributed by atoms with Crippen LogP contribution >= 0.6 is 12.2 Å². The SMILES string of the molecule is CCCOc1c(OC)cc(/C=N\NC(=S)NCc2ccccc2)cc1[N+](=O)[O-]. The lowest BCUT2D eigenvalue weighted by atomic mass is 10.2. The molecule has 0 fully saturated rings. The van der Waals surface area contributed by atoms with Crippen LogP contribution in [0.5, 0.6) is 11.5 Å². The van der Waals surface area contributed by atoms with Gasteiger partial charge in [0.05, 0.1) is 24.9 Å². The van der Waals surface area contributed by atoms with Crippen molar-refractivity contribution in [1.29, 1.82) is 0 Å². The molecular formula is C19H22N4O4S. The molecule has 0 aliphatic rings. The predicted octanol–water partition coefficient (Wildman–Crippen LogP) is 3.39. The Hall–Kier alpha value is -3.20. The Bertz CT molecular complexity index is 843. The maximum atomic E-state index is 11.4. The molecule has 9 heteroatoms. The fraction of sp³-hybridized carbons (Fsp3) is 0.263. The van der Waals surface area contributed by atoms with Crippen LogP contribution in [-0.4, -0.2) is 30.0 Å².